The van der Waals surface area contributed by atoms with E-state index in [2.05, 4.69) is 20.8 Å². The molecule has 1 heterocycles. The SMILES string of the molecule is COc1ccc(/C=C/C(=O)NCc2nnc(SCC(=O)Nc3ccc([N+](=O)[O-])cc3C)n2C)cc1OC. The van der Waals surface area contributed by atoms with Crippen molar-refractivity contribution >= 4 is 41.0 Å². The summed E-state index contributed by atoms with van der Waals surface area (Å²) in [4.78, 5) is 35.0. The van der Waals surface area contributed by atoms with Crippen LogP contribution >= 0.6 is 11.8 Å². The lowest BCUT2D eigenvalue weighted by molar-refractivity contribution is -0.384. The number of carbonyl (C=O) groups is 2. The van der Waals surface area contributed by atoms with Crippen LogP contribution in [0.5, 0.6) is 11.5 Å². The molecule has 0 aliphatic carbocycles. The van der Waals surface area contributed by atoms with Gasteiger partial charge >= 0.3 is 0 Å². The molecule has 3 aromatic rings. The summed E-state index contributed by atoms with van der Waals surface area (Å²) in [5.74, 6) is 1.12. The topological polar surface area (TPSA) is 151 Å². The third-order valence-corrected chi connectivity index (χ3v) is 6.23. The largest absolute Gasteiger partial charge is 0.493 e. The Hall–Kier alpha value is -4.39. The van der Waals surface area contributed by atoms with Gasteiger partial charge in [-0.2, -0.15) is 0 Å². The van der Waals surface area contributed by atoms with Crippen LogP contribution in [-0.4, -0.2) is 51.5 Å². The van der Waals surface area contributed by atoms with Crippen molar-refractivity contribution in [2.75, 3.05) is 25.3 Å². The van der Waals surface area contributed by atoms with E-state index in [9.17, 15) is 19.7 Å². The second-order valence-corrected chi connectivity index (χ2v) is 8.66. The van der Waals surface area contributed by atoms with Crippen molar-refractivity contribution in [1.29, 1.82) is 0 Å². The normalized spacial score (nSPS) is 10.8. The van der Waals surface area contributed by atoms with Gasteiger partial charge in [0.25, 0.3) is 5.69 Å². The lowest BCUT2D eigenvalue weighted by Crippen LogP contribution is -2.22. The molecule has 0 spiro atoms. The number of benzene rings is 2. The van der Waals surface area contributed by atoms with Crippen molar-refractivity contribution in [2.45, 2.75) is 18.6 Å². The Morgan fingerprint density at radius 3 is 2.57 bits per heavy atom. The molecule has 0 aliphatic rings. The molecule has 0 saturated heterocycles. The number of hydrogen-bond donors (Lipinski definition) is 2. The molecule has 2 N–H and O–H groups in total. The number of non-ortho nitro benzene ring substituents is 1. The highest BCUT2D eigenvalue weighted by molar-refractivity contribution is 7.99. The number of aryl methyl sites for hydroxylation is 1. The van der Waals surface area contributed by atoms with Crippen molar-refractivity contribution in [3.8, 4) is 11.5 Å². The number of anilines is 1. The number of carbonyl (C=O) groups excluding carboxylic acids is 2. The molecular weight excluding hydrogens is 500 g/mol. The van der Waals surface area contributed by atoms with Crippen LogP contribution in [0.2, 0.25) is 0 Å². The number of thioether (sulfide) groups is 1. The summed E-state index contributed by atoms with van der Waals surface area (Å²) in [5.41, 5.74) is 1.82. The molecule has 0 radical (unpaired) electrons. The number of nitro groups is 1. The Bertz CT molecular complexity index is 1340. The molecule has 0 fully saturated rings. The number of nitrogens with zero attached hydrogens (tertiary/aromatic N) is 4. The van der Waals surface area contributed by atoms with E-state index in [0.717, 1.165) is 5.56 Å². The van der Waals surface area contributed by atoms with Crippen molar-refractivity contribution < 1.29 is 24.0 Å². The molecule has 2 aromatic carbocycles. The molecule has 37 heavy (non-hydrogen) atoms. The van der Waals surface area contributed by atoms with Gasteiger partial charge in [0.15, 0.2) is 22.5 Å². The first kappa shape index (κ1) is 27.2. The zero-order chi connectivity index (χ0) is 26.9. The van der Waals surface area contributed by atoms with Gasteiger partial charge in [-0.25, -0.2) is 0 Å². The predicted octanol–water partition coefficient (Wildman–Crippen LogP) is 3.11. The van der Waals surface area contributed by atoms with Crippen LogP contribution in [0.4, 0.5) is 11.4 Å². The molecule has 0 aliphatic heterocycles. The molecule has 13 heteroatoms. The molecule has 3 rings (SSSR count). The zero-order valence-corrected chi connectivity index (χ0v) is 21.5. The monoisotopic (exact) mass is 526 g/mol. The molecule has 0 atom stereocenters. The average Bonchev–Trinajstić information content (AvgIpc) is 3.24. The minimum atomic E-state index is -0.489. The summed E-state index contributed by atoms with van der Waals surface area (Å²) in [6.07, 6.45) is 3.05. The first-order valence-corrected chi connectivity index (χ1v) is 11.9. The summed E-state index contributed by atoms with van der Waals surface area (Å²) >= 11 is 1.18. The molecule has 0 unspecified atom stereocenters. The van der Waals surface area contributed by atoms with Gasteiger partial charge in [-0.15, -0.1) is 10.2 Å². The number of methoxy groups -OCH3 is 2. The Balaban J connectivity index is 1.50. The molecule has 0 saturated carbocycles. The number of nitro benzene ring substituents is 1. The molecule has 0 bridgehead atoms. The van der Waals surface area contributed by atoms with Crippen molar-refractivity contribution in [3.63, 3.8) is 0 Å². The van der Waals surface area contributed by atoms with E-state index in [1.165, 1.54) is 43.1 Å². The van der Waals surface area contributed by atoms with Crippen molar-refractivity contribution in [3.05, 3.63) is 69.5 Å². The second kappa shape index (κ2) is 12.5. The van der Waals surface area contributed by atoms with E-state index in [0.29, 0.717) is 33.7 Å². The van der Waals surface area contributed by atoms with E-state index >= 15 is 0 Å². The fourth-order valence-electron chi connectivity index (χ4n) is 3.20. The van der Waals surface area contributed by atoms with E-state index in [4.69, 9.17) is 9.47 Å². The van der Waals surface area contributed by atoms with Crippen LogP contribution < -0.4 is 20.1 Å². The maximum absolute atomic E-state index is 12.4. The van der Waals surface area contributed by atoms with Crippen molar-refractivity contribution in [2.24, 2.45) is 7.05 Å². The van der Waals surface area contributed by atoms with Crippen LogP contribution in [0.15, 0.2) is 47.6 Å². The van der Waals surface area contributed by atoms with Crippen LogP contribution in [-0.2, 0) is 23.2 Å². The van der Waals surface area contributed by atoms with Gasteiger partial charge in [0.1, 0.15) is 0 Å². The molecule has 12 nitrogen and oxygen atoms in total. The number of ether oxygens (including phenoxy) is 2. The van der Waals surface area contributed by atoms with Gasteiger partial charge in [-0.1, -0.05) is 17.8 Å². The third-order valence-electron chi connectivity index (χ3n) is 5.21. The highest BCUT2D eigenvalue weighted by Crippen LogP contribution is 2.28. The fraction of sp³-hybridized carbons (Fsp3) is 0.250. The van der Waals surface area contributed by atoms with Gasteiger partial charge in [0.05, 0.1) is 31.4 Å². The average molecular weight is 527 g/mol. The summed E-state index contributed by atoms with van der Waals surface area (Å²) < 4.78 is 12.1. The van der Waals surface area contributed by atoms with Gasteiger partial charge in [-0.05, 0) is 42.3 Å². The number of rotatable bonds is 11. The quantitative estimate of drug-likeness (QED) is 0.166. The predicted molar refractivity (Wildman–Crippen MR) is 139 cm³/mol. The Kier molecular flexibility index (Phi) is 9.21. The summed E-state index contributed by atoms with van der Waals surface area (Å²) in [6.45, 7) is 1.83. The third kappa shape index (κ3) is 7.30. The molecular formula is C24H26N6O6S. The number of aromatic nitrogens is 3. The van der Waals surface area contributed by atoms with E-state index < -0.39 is 4.92 Å². The highest BCUT2D eigenvalue weighted by Gasteiger charge is 2.14. The highest BCUT2D eigenvalue weighted by atomic mass is 32.2. The smallest absolute Gasteiger partial charge is 0.269 e. The van der Waals surface area contributed by atoms with Crippen LogP contribution in [0.3, 0.4) is 0 Å². The summed E-state index contributed by atoms with van der Waals surface area (Å²) in [5, 5.41) is 25.0. The van der Waals surface area contributed by atoms with Crippen LogP contribution in [0.25, 0.3) is 6.08 Å². The van der Waals surface area contributed by atoms with Crippen LogP contribution in [0.1, 0.15) is 17.0 Å². The Labute approximate surface area is 217 Å². The summed E-state index contributed by atoms with van der Waals surface area (Å²) in [6, 6.07) is 9.54. The number of hydrogen-bond acceptors (Lipinski definition) is 9. The second-order valence-electron chi connectivity index (χ2n) is 7.72. The maximum Gasteiger partial charge on any atom is 0.269 e. The van der Waals surface area contributed by atoms with E-state index in [1.54, 1.807) is 49.9 Å². The first-order chi connectivity index (χ1) is 17.7. The fourth-order valence-corrected chi connectivity index (χ4v) is 3.93. The lowest BCUT2D eigenvalue weighted by Gasteiger charge is -2.08. The van der Waals surface area contributed by atoms with Gasteiger partial charge in [-0.3, -0.25) is 19.7 Å². The van der Waals surface area contributed by atoms with E-state index in [1.807, 2.05) is 0 Å². The first-order valence-electron chi connectivity index (χ1n) is 11.0. The van der Waals surface area contributed by atoms with E-state index in [-0.39, 0.29) is 29.8 Å². The lowest BCUT2D eigenvalue weighted by atomic mass is 10.2. The maximum atomic E-state index is 12.4. The van der Waals surface area contributed by atoms with Crippen LogP contribution in [0, 0.1) is 17.0 Å². The standard InChI is InChI=1S/C24H26N6O6S/c1-15-11-17(30(33)34)7-8-18(15)26-23(32)14-37-24-28-27-21(29(24)2)13-25-22(31)10-6-16-5-9-19(35-3)20(12-16)36-4/h5-12H,13-14H2,1-4H3,(H,25,31)(H,26,32)/b10-6+. The zero-order valence-electron chi connectivity index (χ0n) is 20.7. The van der Waals surface area contributed by atoms with Gasteiger partial charge in [0.2, 0.25) is 11.8 Å². The van der Waals surface area contributed by atoms with Gasteiger partial charge < -0.3 is 24.7 Å². The molecule has 2 amide bonds. The summed E-state index contributed by atoms with van der Waals surface area (Å²) in [7, 11) is 4.83. The van der Waals surface area contributed by atoms with Crippen molar-refractivity contribution in [1.82, 2.24) is 20.1 Å². The number of nitrogens with one attached hydrogen (secondary N) is 2. The molecule has 1 aromatic heterocycles. The number of amides is 2. The Morgan fingerprint density at radius 2 is 1.89 bits per heavy atom. The molecule has 194 valence electrons. The minimum absolute atomic E-state index is 0.0416. The van der Waals surface area contributed by atoms with Gasteiger partial charge in [0, 0.05) is 30.9 Å². The Morgan fingerprint density at radius 1 is 1.14 bits per heavy atom. The minimum Gasteiger partial charge on any atom is -0.493 e.